The van der Waals surface area contributed by atoms with Gasteiger partial charge in [0.05, 0.1) is 0 Å². The van der Waals surface area contributed by atoms with Gasteiger partial charge in [-0.05, 0) is 30.3 Å². The Balaban J connectivity index is 1.56. The van der Waals surface area contributed by atoms with Crippen molar-refractivity contribution in [1.82, 2.24) is 4.90 Å². The largest absolute Gasteiger partial charge is 0.490 e. The average molecular weight is 316 g/mol. The number of amides is 1. The topological polar surface area (TPSA) is 29.5 Å². The van der Waals surface area contributed by atoms with E-state index in [1.54, 1.807) is 24.3 Å². The summed E-state index contributed by atoms with van der Waals surface area (Å²) in [6.07, 6.45) is 1.87. The van der Waals surface area contributed by atoms with Crippen LogP contribution in [0.4, 0.5) is 0 Å². The van der Waals surface area contributed by atoms with Crippen molar-refractivity contribution in [3.05, 3.63) is 65.2 Å². The van der Waals surface area contributed by atoms with Crippen LogP contribution in [-0.2, 0) is 0 Å². The number of nitrogens with zero attached hydrogens (tertiary/aromatic N) is 1. The molecule has 1 heterocycles. The van der Waals surface area contributed by atoms with Gasteiger partial charge in [-0.25, -0.2) is 0 Å². The van der Waals surface area contributed by atoms with E-state index in [2.05, 4.69) is 0 Å². The van der Waals surface area contributed by atoms with Crippen LogP contribution >= 0.6 is 11.6 Å². The molecule has 0 bridgehead atoms. The quantitative estimate of drug-likeness (QED) is 0.856. The monoisotopic (exact) mass is 315 g/mol. The minimum Gasteiger partial charge on any atom is -0.490 e. The summed E-state index contributed by atoms with van der Waals surface area (Å²) < 4.78 is 5.95. The molecule has 0 aromatic heterocycles. The van der Waals surface area contributed by atoms with E-state index in [1.807, 2.05) is 35.2 Å². The summed E-state index contributed by atoms with van der Waals surface area (Å²) in [5.74, 6) is 0.933. The Hall–Kier alpha value is -2.00. The zero-order valence-corrected chi connectivity index (χ0v) is 13.0. The van der Waals surface area contributed by atoms with Gasteiger partial charge in [0.15, 0.2) is 0 Å². The van der Waals surface area contributed by atoms with Gasteiger partial charge in [-0.3, -0.25) is 4.79 Å². The smallest absolute Gasteiger partial charge is 0.253 e. The number of carbonyl (C=O) groups is 1. The van der Waals surface area contributed by atoms with Crippen LogP contribution in [-0.4, -0.2) is 30.0 Å². The van der Waals surface area contributed by atoms with E-state index in [4.69, 9.17) is 16.3 Å². The molecule has 0 N–H and O–H groups in total. The fraction of sp³-hybridized carbons (Fsp3) is 0.278. The molecule has 0 unspecified atom stereocenters. The summed E-state index contributed by atoms with van der Waals surface area (Å²) in [7, 11) is 0. The Kier molecular flexibility index (Phi) is 4.64. The molecule has 2 aromatic carbocycles. The van der Waals surface area contributed by atoms with Gasteiger partial charge in [0.25, 0.3) is 5.91 Å². The predicted molar refractivity (Wildman–Crippen MR) is 87.4 cm³/mol. The first kappa shape index (κ1) is 14.9. The molecule has 114 valence electrons. The fourth-order valence-corrected chi connectivity index (χ4v) is 2.86. The number of piperidine rings is 1. The minimum atomic E-state index is 0.0423. The Labute approximate surface area is 135 Å². The number of ether oxygens (including phenoxy) is 1. The van der Waals surface area contributed by atoms with Crippen molar-refractivity contribution >= 4 is 17.5 Å². The van der Waals surface area contributed by atoms with Crippen molar-refractivity contribution < 1.29 is 9.53 Å². The summed E-state index contributed by atoms with van der Waals surface area (Å²) in [5, 5.41) is 0.591. The van der Waals surface area contributed by atoms with Crippen LogP contribution in [0.25, 0.3) is 0 Å². The highest BCUT2D eigenvalue weighted by atomic mass is 35.5. The van der Waals surface area contributed by atoms with Crippen LogP contribution in [0.3, 0.4) is 0 Å². The first-order valence-corrected chi connectivity index (χ1v) is 7.87. The third-order valence-electron chi connectivity index (χ3n) is 3.85. The molecular weight excluding hydrogens is 298 g/mol. The average Bonchev–Trinajstić information content (AvgIpc) is 2.56. The molecule has 1 aliphatic heterocycles. The summed E-state index contributed by atoms with van der Waals surface area (Å²) in [5.41, 5.74) is 0.648. The molecule has 22 heavy (non-hydrogen) atoms. The highest BCUT2D eigenvalue weighted by Gasteiger charge is 2.24. The first-order valence-electron chi connectivity index (χ1n) is 7.49. The molecule has 4 heteroatoms. The number of benzene rings is 2. The van der Waals surface area contributed by atoms with Crippen LogP contribution < -0.4 is 4.74 Å². The van der Waals surface area contributed by atoms with Gasteiger partial charge in [0, 0.05) is 36.5 Å². The Bertz CT molecular complexity index is 637. The molecule has 0 atom stereocenters. The number of para-hydroxylation sites is 1. The molecule has 1 amide bonds. The summed E-state index contributed by atoms with van der Waals surface area (Å²) in [4.78, 5) is 14.3. The van der Waals surface area contributed by atoms with Gasteiger partial charge < -0.3 is 9.64 Å². The van der Waals surface area contributed by atoms with Crippen molar-refractivity contribution in [2.75, 3.05) is 13.1 Å². The zero-order valence-electron chi connectivity index (χ0n) is 12.2. The normalized spacial score (nSPS) is 15.6. The van der Waals surface area contributed by atoms with E-state index in [1.165, 1.54) is 0 Å². The SMILES string of the molecule is O=C(c1cccc(Cl)c1)N1CCC(Oc2ccccc2)CC1. The van der Waals surface area contributed by atoms with Crippen LogP contribution in [0.1, 0.15) is 23.2 Å². The zero-order chi connectivity index (χ0) is 15.4. The molecular formula is C18H18ClNO2. The lowest BCUT2D eigenvalue weighted by atomic mass is 10.1. The molecule has 1 saturated heterocycles. The molecule has 0 saturated carbocycles. The van der Waals surface area contributed by atoms with Crippen LogP contribution in [0.15, 0.2) is 54.6 Å². The maximum atomic E-state index is 12.4. The van der Waals surface area contributed by atoms with Crippen LogP contribution in [0.5, 0.6) is 5.75 Å². The number of hydrogen-bond donors (Lipinski definition) is 0. The van der Waals surface area contributed by atoms with E-state index in [0.717, 1.165) is 18.6 Å². The summed E-state index contributed by atoms with van der Waals surface area (Å²) in [6.45, 7) is 1.42. The molecule has 0 radical (unpaired) electrons. The van der Waals surface area contributed by atoms with Crippen molar-refractivity contribution in [3.8, 4) is 5.75 Å². The predicted octanol–water partition coefficient (Wildman–Crippen LogP) is 4.02. The molecule has 0 aliphatic carbocycles. The van der Waals surface area contributed by atoms with Crippen molar-refractivity contribution in [3.63, 3.8) is 0 Å². The standard InChI is InChI=1S/C18H18ClNO2/c19-15-6-4-5-14(13-15)18(21)20-11-9-17(10-12-20)22-16-7-2-1-3-8-16/h1-8,13,17H,9-12H2. The van der Waals surface area contributed by atoms with E-state index in [0.29, 0.717) is 23.7 Å². The van der Waals surface area contributed by atoms with Gasteiger partial charge in [-0.1, -0.05) is 35.9 Å². The van der Waals surface area contributed by atoms with Gasteiger partial charge in [0.1, 0.15) is 11.9 Å². The second-order valence-electron chi connectivity index (χ2n) is 5.43. The number of hydrogen-bond acceptors (Lipinski definition) is 2. The van der Waals surface area contributed by atoms with E-state index in [-0.39, 0.29) is 12.0 Å². The lowest BCUT2D eigenvalue weighted by molar-refractivity contribution is 0.0595. The van der Waals surface area contributed by atoms with E-state index < -0.39 is 0 Å². The van der Waals surface area contributed by atoms with Crippen molar-refractivity contribution in [2.24, 2.45) is 0 Å². The number of carbonyl (C=O) groups excluding carboxylic acids is 1. The summed E-state index contributed by atoms with van der Waals surface area (Å²) >= 11 is 5.95. The van der Waals surface area contributed by atoms with Gasteiger partial charge in [-0.2, -0.15) is 0 Å². The van der Waals surface area contributed by atoms with Gasteiger partial charge in [0.2, 0.25) is 0 Å². The first-order chi connectivity index (χ1) is 10.7. The fourth-order valence-electron chi connectivity index (χ4n) is 2.67. The minimum absolute atomic E-state index is 0.0423. The Morgan fingerprint density at radius 3 is 2.45 bits per heavy atom. The molecule has 3 nitrogen and oxygen atoms in total. The summed E-state index contributed by atoms with van der Waals surface area (Å²) in [6, 6.07) is 16.9. The second kappa shape index (κ2) is 6.84. The van der Waals surface area contributed by atoms with Gasteiger partial charge in [-0.15, -0.1) is 0 Å². The Morgan fingerprint density at radius 2 is 1.77 bits per heavy atom. The number of likely N-dealkylation sites (tertiary alicyclic amines) is 1. The Morgan fingerprint density at radius 1 is 1.05 bits per heavy atom. The van der Waals surface area contributed by atoms with Crippen molar-refractivity contribution in [1.29, 1.82) is 0 Å². The molecule has 3 rings (SSSR count). The maximum Gasteiger partial charge on any atom is 0.253 e. The number of rotatable bonds is 3. The maximum absolute atomic E-state index is 12.4. The van der Waals surface area contributed by atoms with Gasteiger partial charge >= 0.3 is 0 Å². The molecule has 2 aromatic rings. The second-order valence-corrected chi connectivity index (χ2v) is 5.87. The highest BCUT2D eigenvalue weighted by Crippen LogP contribution is 2.20. The van der Waals surface area contributed by atoms with Crippen LogP contribution in [0, 0.1) is 0 Å². The van der Waals surface area contributed by atoms with Crippen LogP contribution in [0.2, 0.25) is 5.02 Å². The third kappa shape index (κ3) is 3.60. The molecule has 0 spiro atoms. The number of halogens is 1. The lowest BCUT2D eigenvalue weighted by Gasteiger charge is -2.32. The third-order valence-corrected chi connectivity index (χ3v) is 4.08. The lowest BCUT2D eigenvalue weighted by Crippen LogP contribution is -2.41. The van der Waals surface area contributed by atoms with Crippen molar-refractivity contribution in [2.45, 2.75) is 18.9 Å². The van der Waals surface area contributed by atoms with E-state index >= 15 is 0 Å². The highest BCUT2D eigenvalue weighted by molar-refractivity contribution is 6.30. The van der Waals surface area contributed by atoms with E-state index in [9.17, 15) is 4.79 Å². The molecule has 1 fully saturated rings. The molecule has 1 aliphatic rings.